The molecule has 0 unspecified atom stereocenters. The number of hydrogen-bond acceptors (Lipinski definition) is 4. The molecule has 0 bridgehead atoms. The van der Waals surface area contributed by atoms with Gasteiger partial charge in [-0.2, -0.15) is 0 Å². The molecule has 1 heterocycles. The summed E-state index contributed by atoms with van der Waals surface area (Å²) in [7, 11) is 1.83. The molecule has 0 saturated carbocycles. The number of guanidine groups is 1. The Labute approximate surface area is 142 Å². The van der Waals surface area contributed by atoms with Crippen LogP contribution in [0.1, 0.15) is 34.6 Å². The van der Waals surface area contributed by atoms with E-state index in [0.29, 0.717) is 6.04 Å². The summed E-state index contributed by atoms with van der Waals surface area (Å²) in [5.74, 6) is 0.881. The molecule has 0 aromatic carbocycles. The van der Waals surface area contributed by atoms with Gasteiger partial charge < -0.3 is 15.4 Å². The van der Waals surface area contributed by atoms with Crippen molar-refractivity contribution in [3.63, 3.8) is 0 Å². The Morgan fingerprint density at radius 3 is 2.43 bits per heavy atom. The maximum absolute atomic E-state index is 5.44. The minimum absolute atomic E-state index is 0.0921. The van der Waals surface area contributed by atoms with Gasteiger partial charge in [0, 0.05) is 51.4 Å². The number of likely N-dealkylation sites (N-methyl/N-ethyl adjacent to an activating group) is 1. The highest BCUT2D eigenvalue weighted by molar-refractivity contribution is 5.79. The standard InChI is InChI=1S/C17H37N5O/c1-7-21(15(2)3)9-8-19-16(18-6)20-14-17(4,5)22-10-12-23-13-11-22/h15H,7-14H2,1-6H3,(H2,18,19,20). The lowest BCUT2D eigenvalue weighted by Gasteiger charge is -2.41. The van der Waals surface area contributed by atoms with E-state index in [1.807, 2.05) is 7.05 Å². The predicted octanol–water partition coefficient (Wildman–Crippen LogP) is 0.993. The maximum Gasteiger partial charge on any atom is 0.191 e. The molecule has 6 heteroatoms. The van der Waals surface area contributed by atoms with Crippen molar-refractivity contribution in [2.24, 2.45) is 4.99 Å². The third-order valence-corrected chi connectivity index (χ3v) is 4.61. The molecule has 1 saturated heterocycles. The highest BCUT2D eigenvalue weighted by atomic mass is 16.5. The SMILES string of the molecule is CCN(CCNC(=NC)NCC(C)(C)N1CCOCC1)C(C)C. The van der Waals surface area contributed by atoms with E-state index >= 15 is 0 Å². The van der Waals surface area contributed by atoms with Gasteiger partial charge in [-0.1, -0.05) is 6.92 Å². The van der Waals surface area contributed by atoms with Gasteiger partial charge in [-0.25, -0.2) is 0 Å². The van der Waals surface area contributed by atoms with Gasteiger partial charge in [-0.3, -0.25) is 14.8 Å². The van der Waals surface area contributed by atoms with Crippen LogP contribution in [0, 0.1) is 0 Å². The van der Waals surface area contributed by atoms with Crippen molar-refractivity contribution < 1.29 is 4.74 Å². The molecule has 0 aromatic rings. The maximum atomic E-state index is 5.44. The number of ether oxygens (including phenoxy) is 1. The largest absolute Gasteiger partial charge is 0.379 e. The van der Waals surface area contributed by atoms with Crippen molar-refractivity contribution >= 4 is 5.96 Å². The zero-order chi connectivity index (χ0) is 17.3. The van der Waals surface area contributed by atoms with Crippen LogP contribution in [-0.4, -0.2) is 86.9 Å². The zero-order valence-corrected chi connectivity index (χ0v) is 16.0. The summed E-state index contributed by atoms with van der Waals surface area (Å²) >= 11 is 0. The van der Waals surface area contributed by atoms with Crippen LogP contribution in [0.25, 0.3) is 0 Å². The fourth-order valence-corrected chi connectivity index (χ4v) is 2.90. The first-order chi connectivity index (χ1) is 10.9. The number of nitrogens with zero attached hydrogens (tertiary/aromatic N) is 3. The summed E-state index contributed by atoms with van der Waals surface area (Å²) in [4.78, 5) is 9.26. The molecule has 2 N–H and O–H groups in total. The van der Waals surface area contributed by atoms with E-state index < -0.39 is 0 Å². The summed E-state index contributed by atoms with van der Waals surface area (Å²) in [5.41, 5.74) is 0.0921. The minimum atomic E-state index is 0.0921. The molecule has 6 nitrogen and oxygen atoms in total. The van der Waals surface area contributed by atoms with Crippen LogP contribution in [0.5, 0.6) is 0 Å². The first kappa shape index (κ1) is 20.2. The zero-order valence-electron chi connectivity index (χ0n) is 16.0. The fourth-order valence-electron chi connectivity index (χ4n) is 2.90. The molecule has 0 aliphatic carbocycles. The molecule has 1 fully saturated rings. The number of aliphatic imine (C=N–C) groups is 1. The molecule has 0 aromatic heterocycles. The van der Waals surface area contributed by atoms with Crippen LogP contribution in [0.3, 0.4) is 0 Å². The average molecular weight is 328 g/mol. The second-order valence-corrected chi connectivity index (χ2v) is 6.99. The minimum Gasteiger partial charge on any atom is -0.379 e. The predicted molar refractivity (Wildman–Crippen MR) is 98.2 cm³/mol. The monoisotopic (exact) mass is 327 g/mol. The Morgan fingerprint density at radius 2 is 1.91 bits per heavy atom. The van der Waals surface area contributed by atoms with Crippen molar-refractivity contribution in [2.45, 2.75) is 46.2 Å². The van der Waals surface area contributed by atoms with Gasteiger partial charge in [-0.05, 0) is 34.2 Å². The highest BCUT2D eigenvalue weighted by Gasteiger charge is 2.28. The van der Waals surface area contributed by atoms with Crippen LogP contribution >= 0.6 is 0 Å². The molecule has 1 aliphatic heterocycles. The van der Waals surface area contributed by atoms with Gasteiger partial charge in [0.2, 0.25) is 0 Å². The smallest absolute Gasteiger partial charge is 0.191 e. The topological polar surface area (TPSA) is 52.1 Å². The lowest BCUT2D eigenvalue weighted by atomic mass is 10.0. The van der Waals surface area contributed by atoms with Crippen molar-refractivity contribution in [2.75, 3.05) is 59.5 Å². The van der Waals surface area contributed by atoms with Gasteiger partial charge in [0.1, 0.15) is 0 Å². The van der Waals surface area contributed by atoms with E-state index in [0.717, 1.165) is 58.4 Å². The van der Waals surface area contributed by atoms with Crippen LogP contribution in [0.4, 0.5) is 0 Å². The van der Waals surface area contributed by atoms with Crippen molar-refractivity contribution in [1.82, 2.24) is 20.4 Å². The summed E-state index contributed by atoms with van der Waals surface area (Å²) in [5, 5.41) is 6.88. The Bertz CT molecular complexity index is 351. The van der Waals surface area contributed by atoms with Crippen LogP contribution in [-0.2, 0) is 4.74 Å². The molecule has 0 radical (unpaired) electrons. The van der Waals surface area contributed by atoms with Crippen molar-refractivity contribution in [3.05, 3.63) is 0 Å². The molecule has 136 valence electrons. The van der Waals surface area contributed by atoms with E-state index in [1.54, 1.807) is 0 Å². The fraction of sp³-hybridized carbons (Fsp3) is 0.941. The van der Waals surface area contributed by atoms with E-state index in [2.05, 4.69) is 60.0 Å². The molecule has 0 amide bonds. The second kappa shape index (κ2) is 10.1. The first-order valence-electron chi connectivity index (χ1n) is 8.92. The van der Waals surface area contributed by atoms with Crippen molar-refractivity contribution in [3.8, 4) is 0 Å². The van der Waals surface area contributed by atoms with Gasteiger partial charge in [0.15, 0.2) is 5.96 Å². The quantitative estimate of drug-likeness (QED) is 0.514. The summed E-state index contributed by atoms with van der Waals surface area (Å²) in [6.07, 6.45) is 0. The number of nitrogens with one attached hydrogen (secondary N) is 2. The van der Waals surface area contributed by atoms with Crippen molar-refractivity contribution in [1.29, 1.82) is 0 Å². The van der Waals surface area contributed by atoms with Gasteiger partial charge >= 0.3 is 0 Å². The molecule has 23 heavy (non-hydrogen) atoms. The molecule has 0 atom stereocenters. The van der Waals surface area contributed by atoms with Crippen LogP contribution < -0.4 is 10.6 Å². The van der Waals surface area contributed by atoms with E-state index in [4.69, 9.17) is 4.74 Å². The Kier molecular flexibility index (Phi) is 8.87. The molecular weight excluding hydrogens is 290 g/mol. The molecule has 1 aliphatic rings. The van der Waals surface area contributed by atoms with Gasteiger partial charge in [0.05, 0.1) is 13.2 Å². The van der Waals surface area contributed by atoms with Gasteiger partial charge in [-0.15, -0.1) is 0 Å². The van der Waals surface area contributed by atoms with Crippen LogP contribution in [0.2, 0.25) is 0 Å². The molecular formula is C17H37N5O. The summed E-state index contributed by atoms with van der Waals surface area (Å²) < 4.78 is 5.44. The Hall–Kier alpha value is -0.850. The average Bonchev–Trinajstić information content (AvgIpc) is 2.54. The lowest BCUT2D eigenvalue weighted by molar-refractivity contribution is -0.00834. The Morgan fingerprint density at radius 1 is 1.26 bits per heavy atom. The van der Waals surface area contributed by atoms with Gasteiger partial charge in [0.25, 0.3) is 0 Å². The van der Waals surface area contributed by atoms with E-state index in [-0.39, 0.29) is 5.54 Å². The molecule has 0 spiro atoms. The number of morpholine rings is 1. The first-order valence-corrected chi connectivity index (χ1v) is 8.92. The summed E-state index contributed by atoms with van der Waals surface area (Å²) in [6.45, 7) is 18.8. The highest BCUT2D eigenvalue weighted by Crippen LogP contribution is 2.14. The van der Waals surface area contributed by atoms with E-state index in [9.17, 15) is 0 Å². The molecule has 1 rings (SSSR count). The second-order valence-electron chi connectivity index (χ2n) is 6.99. The Balaban J connectivity index is 2.35. The van der Waals surface area contributed by atoms with E-state index in [1.165, 1.54) is 0 Å². The number of hydrogen-bond donors (Lipinski definition) is 2. The third kappa shape index (κ3) is 7.06. The number of rotatable bonds is 8. The third-order valence-electron chi connectivity index (χ3n) is 4.61. The normalized spacial score (nSPS) is 17.8. The lowest BCUT2D eigenvalue weighted by Crippen LogP contribution is -2.56. The summed E-state index contributed by atoms with van der Waals surface area (Å²) in [6, 6.07) is 0.581. The van der Waals surface area contributed by atoms with Crippen LogP contribution in [0.15, 0.2) is 4.99 Å².